The van der Waals surface area contributed by atoms with E-state index in [1.807, 2.05) is 0 Å². The normalized spacial score (nSPS) is 10.3. The topological polar surface area (TPSA) is 47.6 Å². The minimum Gasteiger partial charge on any atom is -0.465 e. The van der Waals surface area contributed by atoms with Crippen LogP contribution in [0.4, 0.5) is 0 Å². The van der Waals surface area contributed by atoms with Gasteiger partial charge in [0.2, 0.25) is 0 Å². The van der Waals surface area contributed by atoms with Gasteiger partial charge in [0.15, 0.2) is 0 Å². The molecule has 90 valence electrons. The maximum Gasteiger partial charge on any atom is 0.319 e. The molecule has 0 heterocycles. The van der Waals surface area contributed by atoms with Crippen molar-refractivity contribution in [3.8, 4) is 0 Å². The molecule has 0 unspecified atom stereocenters. The van der Waals surface area contributed by atoms with E-state index in [4.69, 9.17) is 9.47 Å². The average Bonchev–Trinajstić information content (AvgIpc) is 2.23. The third-order valence-corrected chi connectivity index (χ3v) is 1.98. The Morgan fingerprint density at radius 2 is 2.00 bits per heavy atom. The zero-order valence-corrected chi connectivity index (χ0v) is 9.88. The van der Waals surface area contributed by atoms with Crippen LogP contribution in [0.15, 0.2) is 0 Å². The zero-order valence-electron chi connectivity index (χ0n) is 9.88. The summed E-state index contributed by atoms with van der Waals surface area (Å²) in [7, 11) is 1.69. The lowest BCUT2D eigenvalue weighted by Gasteiger charge is -2.05. The van der Waals surface area contributed by atoms with Crippen LogP contribution in [-0.2, 0) is 14.3 Å². The number of hydrogen-bond acceptors (Lipinski definition) is 4. The number of unbranched alkanes of at least 4 members (excludes halogenated alkanes) is 2. The summed E-state index contributed by atoms with van der Waals surface area (Å²) in [6, 6.07) is 0. The number of ether oxygens (including phenoxy) is 2. The molecule has 0 bridgehead atoms. The molecular formula is C11H23NO3. The molecule has 0 aliphatic heterocycles. The average molecular weight is 217 g/mol. The molecule has 4 heteroatoms. The lowest BCUT2D eigenvalue weighted by molar-refractivity contribution is -0.142. The minimum atomic E-state index is -0.157. The number of carbonyl (C=O) groups is 1. The fraction of sp³-hybridized carbons (Fsp3) is 0.909. The fourth-order valence-corrected chi connectivity index (χ4v) is 1.07. The zero-order chi connectivity index (χ0) is 11.4. The standard InChI is InChI=1S/C11H23NO3/c1-3-4-9-15-11(13)10-12-7-5-6-8-14-2/h12H,3-10H2,1-2H3. The van der Waals surface area contributed by atoms with Crippen LogP contribution >= 0.6 is 0 Å². The van der Waals surface area contributed by atoms with Crippen molar-refractivity contribution in [1.29, 1.82) is 0 Å². The van der Waals surface area contributed by atoms with E-state index < -0.39 is 0 Å². The van der Waals surface area contributed by atoms with Crippen LogP contribution in [0.25, 0.3) is 0 Å². The Kier molecular flexibility index (Phi) is 11.0. The molecule has 0 aliphatic carbocycles. The van der Waals surface area contributed by atoms with E-state index in [0.717, 1.165) is 38.8 Å². The third-order valence-electron chi connectivity index (χ3n) is 1.98. The minimum absolute atomic E-state index is 0.157. The first-order valence-electron chi connectivity index (χ1n) is 5.66. The monoisotopic (exact) mass is 217 g/mol. The molecule has 0 radical (unpaired) electrons. The number of hydrogen-bond donors (Lipinski definition) is 1. The van der Waals surface area contributed by atoms with E-state index in [2.05, 4.69) is 12.2 Å². The van der Waals surface area contributed by atoms with Gasteiger partial charge in [0, 0.05) is 13.7 Å². The van der Waals surface area contributed by atoms with Gasteiger partial charge in [0.1, 0.15) is 0 Å². The van der Waals surface area contributed by atoms with Crippen LogP contribution in [0.2, 0.25) is 0 Å². The van der Waals surface area contributed by atoms with Crippen molar-refractivity contribution in [2.45, 2.75) is 32.6 Å². The molecule has 15 heavy (non-hydrogen) atoms. The lowest BCUT2D eigenvalue weighted by atomic mass is 10.3. The smallest absolute Gasteiger partial charge is 0.319 e. The van der Waals surface area contributed by atoms with Gasteiger partial charge in [-0.3, -0.25) is 4.79 Å². The summed E-state index contributed by atoms with van der Waals surface area (Å²) in [6.45, 7) is 4.55. The van der Waals surface area contributed by atoms with E-state index in [0.29, 0.717) is 13.2 Å². The van der Waals surface area contributed by atoms with Gasteiger partial charge in [0.25, 0.3) is 0 Å². The molecule has 0 aromatic rings. The third kappa shape index (κ3) is 11.3. The second-order valence-corrected chi connectivity index (χ2v) is 3.45. The molecule has 0 spiro atoms. The highest BCUT2D eigenvalue weighted by molar-refractivity contribution is 5.71. The number of esters is 1. The molecule has 0 rings (SSSR count). The summed E-state index contributed by atoms with van der Waals surface area (Å²) >= 11 is 0. The van der Waals surface area contributed by atoms with E-state index in [-0.39, 0.29) is 5.97 Å². The summed E-state index contributed by atoms with van der Waals surface area (Å²) in [5, 5.41) is 3.04. The summed E-state index contributed by atoms with van der Waals surface area (Å²) in [5.74, 6) is -0.157. The number of methoxy groups -OCH3 is 1. The van der Waals surface area contributed by atoms with Crippen molar-refractivity contribution in [3.05, 3.63) is 0 Å². The van der Waals surface area contributed by atoms with Crippen LogP contribution in [0.5, 0.6) is 0 Å². The molecule has 0 saturated heterocycles. The van der Waals surface area contributed by atoms with Gasteiger partial charge in [-0.05, 0) is 25.8 Å². The first-order valence-corrected chi connectivity index (χ1v) is 5.66. The predicted molar refractivity (Wildman–Crippen MR) is 59.8 cm³/mol. The Hall–Kier alpha value is -0.610. The Morgan fingerprint density at radius 3 is 2.67 bits per heavy atom. The maximum absolute atomic E-state index is 11.1. The van der Waals surface area contributed by atoms with Gasteiger partial charge < -0.3 is 14.8 Å². The second kappa shape index (κ2) is 11.5. The highest BCUT2D eigenvalue weighted by Gasteiger charge is 2.00. The van der Waals surface area contributed by atoms with Gasteiger partial charge in [-0.1, -0.05) is 13.3 Å². The molecular weight excluding hydrogens is 194 g/mol. The van der Waals surface area contributed by atoms with E-state index >= 15 is 0 Å². The van der Waals surface area contributed by atoms with Crippen LogP contribution in [-0.4, -0.2) is 39.4 Å². The number of nitrogens with one attached hydrogen (secondary N) is 1. The van der Waals surface area contributed by atoms with Gasteiger partial charge in [-0.15, -0.1) is 0 Å². The molecule has 0 atom stereocenters. The molecule has 0 aromatic heterocycles. The van der Waals surface area contributed by atoms with Crippen LogP contribution in [0.3, 0.4) is 0 Å². The van der Waals surface area contributed by atoms with E-state index in [9.17, 15) is 4.79 Å². The lowest BCUT2D eigenvalue weighted by Crippen LogP contribution is -2.26. The van der Waals surface area contributed by atoms with Crippen LogP contribution < -0.4 is 5.32 Å². The van der Waals surface area contributed by atoms with Gasteiger partial charge in [-0.25, -0.2) is 0 Å². The molecule has 0 fully saturated rings. The quantitative estimate of drug-likeness (QED) is 0.443. The highest BCUT2D eigenvalue weighted by atomic mass is 16.5. The van der Waals surface area contributed by atoms with Gasteiger partial charge in [-0.2, -0.15) is 0 Å². The highest BCUT2D eigenvalue weighted by Crippen LogP contribution is 1.89. The van der Waals surface area contributed by atoms with Crippen molar-refractivity contribution in [3.63, 3.8) is 0 Å². The van der Waals surface area contributed by atoms with Crippen molar-refractivity contribution in [2.24, 2.45) is 0 Å². The Bertz CT molecular complexity index is 151. The van der Waals surface area contributed by atoms with Gasteiger partial charge >= 0.3 is 5.97 Å². The van der Waals surface area contributed by atoms with Gasteiger partial charge in [0.05, 0.1) is 13.2 Å². The van der Waals surface area contributed by atoms with Crippen LogP contribution in [0.1, 0.15) is 32.6 Å². The second-order valence-electron chi connectivity index (χ2n) is 3.45. The molecule has 1 N–H and O–H groups in total. The summed E-state index contributed by atoms with van der Waals surface area (Å²) in [4.78, 5) is 11.1. The molecule has 0 aromatic carbocycles. The fourth-order valence-electron chi connectivity index (χ4n) is 1.07. The molecule has 0 saturated carbocycles. The van der Waals surface area contributed by atoms with Crippen molar-refractivity contribution >= 4 is 5.97 Å². The Balaban J connectivity index is 3.10. The molecule has 4 nitrogen and oxygen atoms in total. The Morgan fingerprint density at radius 1 is 1.20 bits per heavy atom. The van der Waals surface area contributed by atoms with Crippen LogP contribution in [0, 0.1) is 0 Å². The summed E-state index contributed by atoms with van der Waals surface area (Å²) < 4.78 is 9.90. The van der Waals surface area contributed by atoms with Crippen molar-refractivity contribution in [2.75, 3.05) is 33.4 Å². The Labute approximate surface area is 92.3 Å². The van der Waals surface area contributed by atoms with E-state index in [1.54, 1.807) is 7.11 Å². The van der Waals surface area contributed by atoms with E-state index in [1.165, 1.54) is 0 Å². The predicted octanol–water partition coefficient (Wildman–Crippen LogP) is 1.35. The number of rotatable bonds is 10. The number of carbonyl (C=O) groups excluding carboxylic acids is 1. The maximum atomic E-state index is 11.1. The summed E-state index contributed by atoms with van der Waals surface area (Å²) in [6.07, 6.45) is 4.04. The van der Waals surface area contributed by atoms with Crippen molar-refractivity contribution in [1.82, 2.24) is 5.32 Å². The van der Waals surface area contributed by atoms with Crippen molar-refractivity contribution < 1.29 is 14.3 Å². The first kappa shape index (κ1) is 14.4. The molecule has 0 amide bonds. The largest absolute Gasteiger partial charge is 0.465 e. The SMILES string of the molecule is CCCCOC(=O)CNCCCCOC. The summed E-state index contributed by atoms with van der Waals surface area (Å²) in [5.41, 5.74) is 0. The molecule has 0 aliphatic rings. The first-order chi connectivity index (χ1) is 7.31.